The third kappa shape index (κ3) is 2.80. The van der Waals surface area contributed by atoms with Gasteiger partial charge >= 0.3 is 0 Å². The van der Waals surface area contributed by atoms with Gasteiger partial charge in [0.2, 0.25) is 0 Å². The Morgan fingerprint density at radius 1 is 1.29 bits per heavy atom. The van der Waals surface area contributed by atoms with Crippen LogP contribution in [0.25, 0.3) is 0 Å². The van der Waals surface area contributed by atoms with Gasteiger partial charge in [-0.15, -0.1) is 0 Å². The van der Waals surface area contributed by atoms with E-state index < -0.39 is 9.84 Å². The first-order valence-electron chi connectivity index (χ1n) is 6.07. The van der Waals surface area contributed by atoms with Crippen LogP contribution in [0, 0.1) is 0 Å². The van der Waals surface area contributed by atoms with Crippen LogP contribution in [0.5, 0.6) is 0 Å². The fourth-order valence-electron chi connectivity index (χ4n) is 1.86. The van der Waals surface area contributed by atoms with Gasteiger partial charge < -0.3 is 5.32 Å². The van der Waals surface area contributed by atoms with Crippen molar-refractivity contribution in [2.75, 3.05) is 11.1 Å². The molecule has 0 saturated heterocycles. The van der Waals surface area contributed by atoms with Crippen molar-refractivity contribution >= 4 is 15.5 Å². The summed E-state index contributed by atoms with van der Waals surface area (Å²) in [6, 6.07) is 7.20. The van der Waals surface area contributed by atoms with Crippen molar-refractivity contribution in [2.45, 2.75) is 43.5 Å². The van der Waals surface area contributed by atoms with Crippen molar-refractivity contribution in [1.82, 2.24) is 0 Å². The average Bonchev–Trinajstić information content (AvgIpc) is 2.96. The molecule has 1 saturated carbocycles. The molecule has 1 aromatic rings. The molecule has 94 valence electrons. The Morgan fingerprint density at radius 3 is 2.53 bits per heavy atom. The third-order valence-corrected chi connectivity index (χ3v) is 5.10. The second kappa shape index (κ2) is 4.33. The number of anilines is 1. The molecule has 1 aliphatic rings. The van der Waals surface area contributed by atoms with Gasteiger partial charge in [-0.25, -0.2) is 8.42 Å². The average molecular weight is 253 g/mol. The van der Waals surface area contributed by atoms with Crippen LogP contribution in [0.3, 0.4) is 0 Å². The molecular weight excluding hydrogens is 234 g/mol. The maximum absolute atomic E-state index is 12.1. The lowest BCUT2D eigenvalue weighted by Gasteiger charge is -2.16. The van der Waals surface area contributed by atoms with E-state index in [-0.39, 0.29) is 11.3 Å². The molecule has 0 radical (unpaired) electrons. The minimum absolute atomic E-state index is 0.0951. The van der Waals surface area contributed by atoms with Crippen LogP contribution in [0.2, 0.25) is 0 Å². The lowest BCUT2D eigenvalue weighted by atomic mass is 10.2. The highest BCUT2D eigenvalue weighted by molar-refractivity contribution is 7.91. The molecule has 1 aromatic carbocycles. The molecule has 0 heterocycles. The summed E-state index contributed by atoms with van der Waals surface area (Å²) >= 11 is 0. The highest BCUT2D eigenvalue weighted by atomic mass is 32.2. The number of nitrogens with one attached hydrogen (secondary N) is 1. The summed E-state index contributed by atoms with van der Waals surface area (Å²) in [5, 5.41) is 3.35. The summed E-state index contributed by atoms with van der Waals surface area (Å²) < 4.78 is 24.2. The number of hydrogen-bond donors (Lipinski definition) is 1. The highest BCUT2D eigenvalue weighted by Crippen LogP contribution is 2.39. The zero-order chi connectivity index (χ0) is 12.5. The minimum Gasteiger partial charge on any atom is -0.379 e. The van der Waals surface area contributed by atoms with E-state index in [2.05, 4.69) is 12.2 Å². The standard InChI is InChI=1S/C13H19NO2S/c1-3-10-17(15,16)12-7-5-4-6-11(12)14-13(2)8-9-13/h4-7,14H,3,8-10H2,1-2H3. The predicted molar refractivity (Wildman–Crippen MR) is 70.0 cm³/mol. The Kier molecular flexibility index (Phi) is 3.17. The highest BCUT2D eigenvalue weighted by Gasteiger charge is 2.38. The SMILES string of the molecule is CCCS(=O)(=O)c1ccccc1NC1(C)CC1. The van der Waals surface area contributed by atoms with Gasteiger partial charge in [-0.2, -0.15) is 0 Å². The molecule has 4 heteroatoms. The molecule has 0 bridgehead atoms. The van der Waals surface area contributed by atoms with Gasteiger partial charge in [-0.05, 0) is 38.3 Å². The van der Waals surface area contributed by atoms with E-state index >= 15 is 0 Å². The second-order valence-corrected chi connectivity index (χ2v) is 7.08. The molecule has 1 N–H and O–H groups in total. The molecule has 0 unspecified atom stereocenters. The largest absolute Gasteiger partial charge is 0.379 e. The van der Waals surface area contributed by atoms with Gasteiger partial charge in [0, 0.05) is 5.54 Å². The van der Waals surface area contributed by atoms with Crippen LogP contribution in [-0.2, 0) is 9.84 Å². The van der Waals surface area contributed by atoms with Crippen molar-refractivity contribution in [3.63, 3.8) is 0 Å². The van der Waals surface area contributed by atoms with E-state index in [0.717, 1.165) is 18.5 Å². The van der Waals surface area contributed by atoms with Crippen LogP contribution in [0.15, 0.2) is 29.2 Å². The van der Waals surface area contributed by atoms with Crippen LogP contribution in [0.1, 0.15) is 33.1 Å². The fraction of sp³-hybridized carbons (Fsp3) is 0.538. The van der Waals surface area contributed by atoms with Crippen molar-refractivity contribution in [3.05, 3.63) is 24.3 Å². The first-order chi connectivity index (χ1) is 7.97. The third-order valence-electron chi connectivity index (χ3n) is 3.13. The Morgan fingerprint density at radius 2 is 1.94 bits per heavy atom. The molecule has 3 nitrogen and oxygen atoms in total. The molecule has 0 aromatic heterocycles. The molecule has 1 fully saturated rings. The second-order valence-electron chi connectivity index (χ2n) is 5.00. The van der Waals surface area contributed by atoms with Gasteiger partial charge in [-0.1, -0.05) is 19.1 Å². The van der Waals surface area contributed by atoms with Crippen molar-refractivity contribution in [1.29, 1.82) is 0 Å². The van der Waals surface area contributed by atoms with E-state index in [9.17, 15) is 8.42 Å². The topological polar surface area (TPSA) is 46.2 Å². The Balaban J connectivity index is 2.33. The Bertz CT molecular complexity index is 504. The van der Waals surface area contributed by atoms with E-state index in [0.29, 0.717) is 11.3 Å². The predicted octanol–water partition coefficient (Wildman–Crippen LogP) is 2.83. The maximum Gasteiger partial charge on any atom is 0.180 e. The fourth-order valence-corrected chi connectivity index (χ4v) is 3.35. The summed E-state index contributed by atoms with van der Waals surface area (Å²) in [6.07, 6.45) is 2.86. The molecule has 0 aliphatic heterocycles. The molecule has 2 rings (SSSR count). The number of hydrogen-bond acceptors (Lipinski definition) is 3. The smallest absolute Gasteiger partial charge is 0.180 e. The van der Waals surface area contributed by atoms with E-state index in [1.54, 1.807) is 12.1 Å². The van der Waals surface area contributed by atoms with Gasteiger partial charge in [0.05, 0.1) is 16.3 Å². The minimum atomic E-state index is -3.15. The van der Waals surface area contributed by atoms with Crippen molar-refractivity contribution < 1.29 is 8.42 Å². The van der Waals surface area contributed by atoms with Gasteiger partial charge in [0.1, 0.15) is 0 Å². The summed E-state index contributed by atoms with van der Waals surface area (Å²) in [7, 11) is -3.15. The van der Waals surface area contributed by atoms with E-state index in [1.165, 1.54) is 0 Å². The normalized spacial score (nSPS) is 17.8. The lowest BCUT2D eigenvalue weighted by Crippen LogP contribution is -2.18. The van der Waals surface area contributed by atoms with E-state index in [4.69, 9.17) is 0 Å². The molecule has 1 aliphatic carbocycles. The van der Waals surface area contributed by atoms with Gasteiger partial charge in [-0.3, -0.25) is 0 Å². The number of sulfone groups is 1. The van der Waals surface area contributed by atoms with Crippen LogP contribution in [-0.4, -0.2) is 19.7 Å². The summed E-state index contributed by atoms with van der Waals surface area (Å²) in [5.74, 6) is 0.211. The Hall–Kier alpha value is -1.03. The molecular formula is C13H19NO2S. The maximum atomic E-state index is 12.1. The molecule has 0 spiro atoms. The first kappa shape index (κ1) is 12.4. The lowest BCUT2D eigenvalue weighted by molar-refractivity contribution is 0.595. The molecule has 17 heavy (non-hydrogen) atoms. The zero-order valence-electron chi connectivity index (χ0n) is 10.4. The van der Waals surface area contributed by atoms with Gasteiger partial charge in [0.15, 0.2) is 9.84 Å². The number of benzene rings is 1. The van der Waals surface area contributed by atoms with Crippen molar-refractivity contribution in [3.8, 4) is 0 Å². The van der Waals surface area contributed by atoms with E-state index in [1.807, 2.05) is 19.1 Å². The zero-order valence-corrected chi connectivity index (χ0v) is 11.2. The van der Waals surface area contributed by atoms with Gasteiger partial charge in [0.25, 0.3) is 0 Å². The molecule has 0 amide bonds. The molecule has 0 atom stereocenters. The summed E-state index contributed by atoms with van der Waals surface area (Å²) in [6.45, 7) is 4.01. The Labute approximate surface area is 103 Å². The number of rotatable bonds is 5. The number of para-hydroxylation sites is 1. The van der Waals surface area contributed by atoms with Crippen LogP contribution in [0.4, 0.5) is 5.69 Å². The first-order valence-corrected chi connectivity index (χ1v) is 7.72. The van der Waals surface area contributed by atoms with Crippen molar-refractivity contribution in [2.24, 2.45) is 0 Å². The summed E-state index contributed by atoms with van der Waals surface area (Å²) in [5.41, 5.74) is 0.846. The summed E-state index contributed by atoms with van der Waals surface area (Å²) in [4.78, 5) is 0.440. The van der Waals surface area contributed by atoms with Crippen LogP contribution < -0.4 is 5.32 Å². The quantitative estimate of drug-likeness (QED) is 0.877. The van der Waals surface area contributed by atoms with Crippen LogP contribution >= 0.6 is 0 Å². The monoisotopic (exact) mass is 253 g/mol.